The minimum absolute atomic E-state index is 0.0108. The molecule has 1 N–H and O–H groups in total. The number of amides is 1. The van der Waals surface area contributed by atoms with Crippen LogP contribution < -0.4 is 10.9 Å². The average Bonchev–Trinajstić information content (AvgIpc) is 2.38. The number of rotatable bonds is 3. The van der Waals surface area contributed by atoms with E-state index < -0.39 is 0 Å². The maximum absolute atomic E-state index is 11.8. The van der Waals surface area contributed by atoms with E-state index in [0.717, 1.165) is 0 Å². The van der Waals surface area contributed by atoms with Crippen LogP contribution in [0.2, 0.25) is 5.02 Å². The van der Waals surface area contributed by atoms with E-state index >= 15 is 0 Å². The average molecular weight is 277 g/mol. The van der Waals surface area contributed by atoms with E-state index in [2.05, 4.69) is 5.32 Å². The van der Waals surface area contributed by atoms with Gasteiger partial charge in [0.2, 0.25) is 5.91 Å². The maximum atomic E-state index is 11.8. The summed E-state index contributed by atoms with van der Waals surface area (Å²) in [5.41, 5.74) is 1.10. The molecule has 0 aliphatic rings. The first-order valence-electron chi connectivity index (χ1n) is 5.78. The highest BCUT2D eigenvalue weighted by molar-refractivity contribution is 6.30. The molecule has 0 fully saturated rings. The third-order valence-electron chi connectivity index (χ3n) is 2.65. The molecule has 98 valence electrons. The number of nitrogens with zero attached hydrogens (tertiary/aromatic N) is 1. The molecular formula is C14H13ClN2O2. The van der Waals surface area contributed by atoms with E-state index in [0.29, 0.717) is 16.3 Å². The summed E-state index contributed by atoms with van der Waals surface area (Å²) in [5, 5.41) is 3.31. The van der Waals surface area contributed by atoms with Crippen LogP contribution in [0.5, 0.6) is 0 Å². The molecular weight excluding hydrogens is 264 g/mol. The number of pyridine rings is 1. The summed E-state index contributed by atoms with van der Waals surface area (Å²) in [5.74, 6) is -0.255. The van der Waals surface area contributed by atoms with E-state index in [-0.39, 0.29) is 18.0 Å². The van der Waals surface area contributed by atoms with E-state index in [1.54, 1.807) is 49.5 Å². The van der Waals surface area contributed by atoms with Crippen molar-refractivity contribution in [2.45, 2.75) is 13.5 Å². The molecule has 0 aliphatic heterocycles. The first-order chi connectivity index (χ1) is 9.06. The number of hydrogen-bond donors (Lipinski definition) is 1. The van der Waals surface area contributed by atoms with Crippen LogP contribution in [0.3, 0.4) is 0 Å². The van der Waals surface area contributed by atoms with Crippen LogP contribution in [0.15, 0.2) is 47.4 Å². The number of benzene rings is 1. The molecule has 0 saturated carbocycles. The van der Waals surface area contributed by atoms with Gasteiger partial charge in [-0.2, -0.15) is 0 Å². The fraction of sp³-hybridized carbons (Fsp3) is 0.143. The van der Waals surface area contributed by atoms with E-state index in [9.17, 15) is 9.59 Å². The van der Waals surface area contributed by atoms with Crippen molar-refractivity contribution in [3.05, 3.63) is 63.5 Å². The van der Waals surface area contributed by atoms with Crippen molar-refractivity contribution in [1.82, 2.24) is 4.57 Å². The number of halogens is 1. The quantitative estimate of drug-likeness (QED) is 0.936. The van der Waals surface area contributed by atoms with Gasteiger partial charge in [-0.15, -0.1) is 0 Å². The Hall–Kier alpha value is -2.07. The fourth-order valence-electron chi connectivity index (χ4n) is 1.67. The van der Waals surface area contributed by atoms with Crippen molar-refractivity contribution in [3.8, 4) is 0 Å². The van der Waals surface area contributed by atoms with Crippen LogP contribution in [-0.2, 0) is 11.3 Å². The predicted octanol–water partition coefficient (Wildman–Crippen LogP) is 2.45. The van der Waals surface area contributed by atoms with E-state index in [1.165, 1.54) is 4.57 Å². The Bertz CT molecular complexity index is 647. The van der Waals surface area contributed by atoms with E-state index in [4.69, 9.17) is 11.6 Å². The van der Waals surface area contributed by atoms with Crippen LogP contribution in [0.1, 0.15) is 5.56 Å². The van der Waals surface area contributed by atoms with Gasteiger partial charge in [0, 0.05) is 22.5 Å². The van der Waals surface area contributed by atoms with Crippen LogP contribution in [0.25, 0.3) is 0 Å². The van der Waals surface area contributed by atoms with Gasteiger partial charge in [-0.05, 0) is 37.3 Å². The number of aromatic nitrogens is 1. The Labute approximate surface area is 115 Å². The third-order valence-corrected chi connectivity index (χ3v) is 2.90. The highest BCUT2D eigenvalue weighted by Gasteiger charge is 2.05. The molecule has 19 heavy (non-hydrogen) atoms. The van der Waals surface area contributed by atoms with Crippen molar-refractivity contribution in [2.75, 3.05) is 5.32 Å². The molecule has 2 rings (SSSR count). The maximum Gasteiger partial charge on any atom is 0.253 e. The number of nitrogens with one attached hydrogen (secondary N) is 1. The van der Waals surface area contributed by atoms with Crippen molar-refractivity contribution >= 4 is 23.2 Å². The third kappa shape index (κ3) is 3.45. The lowest BCUT2D eigenvalue weighted by atomic mass is 10.3. The second-order valence-electron chi connectivity index (χ2n) is 4.18. The molecule has 0 bridgehead atoms. The number of aryl methyl sites for hydroxylation is 1. The summed E-state index contributed by atoms with van der Waals surface area (Å²) in [6.45, 7) is 1.71. The normalized spacial score (nSPS) is 10.2. The Balaban J connectivity index is 2.07. The fourth-order valence-corrected chi connectivity index (χ4v) is 1.80. The summed E-state index contributed by atoms with van der Waals surface area (Å²) >= 11 is 5.76. The van der Waals surface area contributed by atoms with Gasteiger partial charge in [-0.3, -0.25) is 9.59 Å². The highest BCUT2D eigenvalue weighted by Crippen LogP contribution is 2.13. The number of anilines is 1. The Kier molecular flexibility index (Phi) is 4.02. The molecule has 1 amide bonds. The summed E-state index contributed by atoms with van der Waals surface area (Å²) in [4.78, 5) is 23.6. The summed E-state index contributed by atoms with van der Waals surface area (Å²) in [7, 11) is 0. The molecule has 0 spiro atoms. The molecule has 2 aromatic rings. The lowest BCUT2D eigenvalue weighted by Gasteiger charge is -2.08. The van der Waals surface area contributed by atoms with Crippen LogP contribution in [0, 0.1) is 6.92 Å². The van der Waals surface area contributed by atoms with Crippen LogP contribution in [0.4, 0.5) is 5.69 Å². The molecule has 1 heterocycles. The second-order valence-corrected chi connectivity index (χ2v) is 4.62. The molecule has 0 aliphatic carbocycles. The van der Waals surface area contributed by atoms with Gasteiger partial charge in [0.1, 0.15) is 6.54 Å². The molecule has 0 saturated heterocycles. The van der Waals surface area contributed by atoms with Gasteiger partial charge in [0.15, 0.2) is 0 Å². The minimum atomic E-state index is -0.255. The van der Waals surface area contributed by atoms with Crippen molar-refractivity contribution < 1.29 is 4.79 Å². The van der Waals surface area contributed by atoms with Gasteiger partial charge in [-0.25, -0.2) is 0 Å². The number of carbonyl (C=O) groups excluding carboxylic acids is 1. The zero-order valence-corrected chi connectivity index (χ0v) is 11.1. The lowest BCUT2D eigenvalue weighted by Crippen LogP contribution is -2.28. The second kappa shape index (κ2) is 5.71. The SMILES string of the molecule is Cc1cccn(CC(=O)Nc2ccc(Cl)cc2)c1=O. The van der Waals surface area contributed by atoms with E-state index in [1.807, 2.05) is 0 Å². The van der Waals surface area contributed by atoms with Crippen molar-refractivity contribution in [3.63, 3.8) is 0 Å². The van der Waals surface area contributed by atoms with Crippen molar-refractivity contribution in [1.29, 1.82) is 0 Å². The zero-order valence-electron chi connectivity index (χ0n) is 10.4. The first-order valence-corrected chi connectivity index (χ1v) is 6.15. The van der Waals surface area contributed by atoms with Gasteiger partial charge >= 0.3 is 0 Å². The number of hydrogen-bond acceptors (Lipinski definition) is 2. The van der Waals surface area contributed by atoms with Crippen molar-refractivity contribution in [2.24, 2.45) is 0 Å². The molecule has 0 atom stereocenters. The minimum Gasteiger partial charge on any atom is -0.325 e. The zero-order chi connectivity index (χ0) is 13.8. The number of carbonyl (C=O) groups is 1. The van der Waals surface area contributed by atoms with Crippen LogP contribution >= 0.6 is 11.6 Å². The largest absolute Gasteiger partial charge is 0.325 e. The van der Waals surface area contributed by atoms with Gasteiger partial charge in [0.05, 0.1) is 0 Å². The summed E-state index contributed by atoms with van der Waals surface area (Å²) < 4.78 is 1.38. The first kappa shape index (κ1) is 13.4. The summed E-state index contributed by atoms with van der Waals surface area (Å²) in [6.07, 6.45) is 1.59. The smallest absolute Gasteiger partial charge is 0.253 e. The summed E-state index contributed by atoms with van der Waals surface area (Å²) in [6, 6.07) is 10.3. The molecule has 4 nitrogen and oxygen atoms in total. The molecule has 1 aromatic heterocycles. The Morgan fingerprint density at radius 2 is 1.95 bits per heavy atom. The van der Waals surface area contributed by atoms with Gasteiger partial charge in [-0.1, -0.05) is 17.7 Å². The Morgan fingerprint density at radius 1 is 1.26 bits per heavy atom. The molecule has 1 aromatic carbocycles. The monoisotopic (exact) mass is 276 g/mol. The Morgan fingerprint density at radius 3 is 2.63 bits per heavy atom. The van der Waals surface area contributed by atoms with Gasteiger partial charge in [0.25, 0.3) is 5.56 Å². The molecule has 0 unspecified atom stereocenters. The topological polar surface area (TPSA) is 51.1 Å². The lowest BCUT2D eigenvalue weighted by molar-refractivity contribution is -0.116. The highest BCUT2D eigenvalue weighted by atomic mass is 35.5. The molecule has 0 radical (unpaired) electrons. The van der Waals surface area contributed by atoms with Crippen LogP contribution in [-0.4, -0.2) is 10.5 Å². The van der Waals surface area contributed by atoms with Gasteiger partial charge < -0.3 is 9.88 Å². The standard InChI is InChI=1S/C14H13ClN2O2/c1-10-3-2-8-17(14(10)19)9-13(18)16-12-6-4-11(15)5-7-12/h2-8H,9H2,1H3,(H,16,18). The molecule has 5 heteroatoms. The predicted molar refractivity (Wildman–Crippen MR) is 75.5 cm³/mol.